The van der Waals surface area contributed by atoms with Gasteiger partial charge in [0.25, 0.3) is 5.56 Å². The van der Waals surface area contributed by atoms with Gasteiger partial charge in [-0.25, -0.2) is 4.68 Å². The van der Waals surface area contributed by atoms with Gasteiger partial charge in [0.05, 0.1) is 11.9 Å². The van der Waals surface area contributed by atoms with E-state index in [9.17, 15) is 9.59 Å². The summed E-state index contributed by atoms with van der Waals surface area (Å²) < 4.78 is 1.25. The molecule has 1 aliphatic heterocycles. The first-order chi connectivity index (χ1) is 11.5. The lowest BCUT2D eigenvalue weighted by molar-refractivity contribution is -0.133. The van der Waals surface area contributed by atoms with Crippen molar-refractivity contribution in [3.05, 3.63) is 45.6 Å². The predicted octanol–water partition coefficient (Wildman–Crippen LogP) is 1.06. The van der Waals surface area contributed by atoms with E-state index in [-0.39, 0.29) is 18.0 Å². The molecule has 0 spiro atoms. The third kappa shape index (κ3) is 3.72. The Morgan fingerprint density at radius 3 is 2.96 bits per heavy atom. The van der Waals surface area contributed by atoms with E-state index >= 15 is 0 Å². The SMILES string of the molecule is Cc1ccc(=O)n(CC(=O)N2CCC[C@@H](Cc3[nH]ncc3C)C2)n1. The summed E-state index contributed by atoms with van der Waals surface area (Å²) in [7, 11) is 0. The number of piperidine rings is 1. The summed E-state index contributed by atoms with van der Waals surface area (Å²) in [6.07, 6.45) is 4.82. The van der Waals surface area contributed by atoms with Crippen LogP contribution >= 0.6 is 0 Å². The van der Waals surface area contributed by atoms with Crippen molar-refractivity contribution in [2.45, 2.75) is 39.7 Å². The van der Waals surface area contributed by atoms with Crippen molar-refractivity contribution in [3.63, 3.8) is 0 Å². The Balaban J connectivity index is 1.63. The second-order valence-electron chi connectivity index (χ2n) is 6.55. The lowest BCUT2D eigenvalue weighted by Crippen LogP contribution is -2.43. The van der Waals surface area contributed by atoms with Gasteiger partial charge in [-0.2, -0.15) is 10.2 Å². The summed E-state index contributed by atoms with van der Waals surface area (Å²) in [6, 6.07) is 3.11. The van der Waals surface area contributed by atoms with Gasteiger partial charge in [0.15, 0.2) is 0 Å². The van der Waals surface area contributed by atoms with Gasteiger partial charge in [0.1, 0.15) is 6.54 Å². The molecule has 1 atom stereocenters. The summed E-state index contributed by atoms with van der Waals surface area (Å²) in [6.45, 7) is 5.33. The molecule has 3 heterocycles. The summed E-state index contributed by atoms with van der Waals surface area (Å²) >= 11 is 0. The molecule has 3 rings (SSSR count). The average Bonchev–Trinajstić information content (AvgIpc) is 2.96. The van der Waals surface area contributed by atoms with Crippen LogP contribution in [-0.2, 0) is 17.8 Å². The van der Waals surface area contributed by atoms with Crippen LogP contribution < -0.4 is 5.56 Å². The molecule has 1 amide bonds. The Labute approximate surface area is 140 Å². The normalized spacial score (nSPS) is 17.9. The van der Waals surface area contributed by atoms with E-state index in [4.69, 9.17) is 0 Å². The number of aryl methyl sites for hydroxylation is 2. The van der Waals surface area contributed by atoms with Gasteiger partial charge in [-0.15, -0.1) is 0 Å². The molecule has 24 heavy (non-hydrogen) atoms. The number of rotatable bonds is 4. The number of amides is 1. The second-order valence-corrected chi connectivity index (χ2v) is 6.55. The highest BCUT2D eigenvalue weighted by Crippen LogP contribution is 2.21. The highest BCUT2D eigenvalue weighted by Gasteiger charge is 2.25. The van der Waals surface area contributed by atoms with E-state index in [0.29, 0.717) is 5.92 Å². The average molecular weight is 329 g/mol. The molecule has 0 aliphatic carbocycles. The minimum Gasteiger partial charge on any atom is -0.341 e. The Kier molecular flexibility index (Phi) is 4.78. The van der Waals surface area contributed by atoms with Crippen molar-refractivity contribution in [3.8, 4) is 0 Å². The Morgan fingerprint density at radius 1 is 1.38 bits per heavy atom. The lowest BCUT2D eigenvalue weighted by atomic mass is 9.92. The van der Waals surface area contributed by atoms with Gasteiger partial charge < -0.3 is 4.90 Å². The number of H-pyrrole nitrogens is 1. The molecule has 2 aromatic heterocycles. The molecule has 1 N–H and O–H groups in total. The first kappa shape index (κ1) is 16.4. The minimum absolute atomic E-state index is 0.0102. The van der Waals surface area contributed by atoms with Crippen molar-refractivity contribution in [2.75, 3.05) is 13.1 Å². The molecule has 2 aromatic rings. The van der Waals surface area contributed by atoms with Crippen molar-refractivity contribution < 1.29 is 4.79 Å². The zero-order chi connectivity index (χ0) is 17.1. The number of carbonyl (C=O) groups excluding carboxylic acids is 1. The minimum atomic E-state index is -0.240. The molecule has 7 heteroatoms. The molecule has 0 unspecified atom stereocenters. The maximum absolute atomic E-state index is 12.6. The molecule has 0 bridgehead atoms. The number of aromatic nitrogens is 4. The maximum atomic E-state index is 12.6. The monoisotopic (exact) mass is 329 g/mol. The molecule has 0 radical (unpaired) electrons. The fourth-order valence-corrected chi connectivity index (χ4v) is 3.22. The van der Waals surface area contributed by atoms with Crippen LogP contribution in [0.3, 0.4) is 0 Å². The Morgan fingerprint density at radius 2 is 2.21 bits per heavy atom. The van der Waals surface area contributed by atoms with Crippen LogP contribution in [0, 0.1) is 19.8 Å². The third-order valence-electron chi connectivity index (χ3n) is 4.58. The van der Waals surface area contributed by atoms with Crippen LogP contribution in [0.5, 0.6) is 0 Å². The zero-order valence-electron chi connectivity index (χ0n) is 14.2. The molecule has 128 valence electrons. The molecule has 0 aromatic carbocycles. The summed E-state index contributed by atoms with van der Waals surface area (Å²) in [5.74, 6) is 0.380. The van der Waals surface area contributed by atoms with Crippen LogP contribution in [0.1, 0.15) is 29.8 Å². The predicted molar refractivity (Wildman–Crippen MR) is 89.6 cm³/mol. The first-order valence-electron chi connectivity index (χ1n) is 8.34. The van der Waals surface area contributed by atoms with Crippen molar-refractivity contribution in [1.82, 2.24) is 24.9 Å². The van der Waals surface area contributed by atoms with Crippen LogP contribution in [0.2, 0.25) is 0 Å². The molecular weight excluding hydrogens is 306 g/mol. The smallest absolute Gasteiger partial charge is 0.267 e. The second kappa shape index (κ2) is 6.98. The number of aromatic amines is 1. The number of carbonyl (C=O) groups is 1. The molecule has 1 fully saturated rings. The highest BCUT2D eigenvalue weighted by molar-refractivity contribution is 5.76. The fraction of sp³-hybridized carbons (Fsp3) is 0.529. The van der Waals surface area contributed by atoms with Crippen LogP contribution in [0.4, 0.5) is 0 Å². The Hall–Kier alpha value is -2.44. The molecule has 7 nitrogen and oxygen atoms in total. The van der Waals surface area contributed by atoms with Crippen molar-refractivity contribution in [1.29, 1.82) is 0 Å². The third-order valence-corrected chi connectivity index (χ3v) is 4.58. The topological polar surface area (TPSA) is 83.9 Å². The quantitative estimate of drug-likeness (QED) is 0.909. The van der Waals surface area contributed by atoms with Gasteiger partial charge >= 0.3 is 0 Å². The number of nitrogens with zero attached hydrogens (tertiary/aromatic N) is 4. The molecule has 1 aliphatic rings. The number of likely N-dealkylation sites (tertiary alicyclic amines) is 1. The first-order valence-corrected chi connectivity index (χ1v) is 8.34. The Bertz CT molecular complexity index is 779. The zero-order valence-corrected chi connectivity index (χ0v) is 14.2. The van der Waals surface area contributed by atoms with Crippen molar-refractivity contribution >= 4 is 5.91 Å². The largest absolute Gasteiger partial charge is 0.341 e. The van der Waals surface area contributed by atoms with E-state index in [0.717, 1.165) is 49.3 Å². The van der Waals surface area contributed by atoms with E-state index in [1.54, 1.807) is 6.07 Å². The number of nitrogens with one attached hydrogen (secondary N) is 1. The van der Waals surface area contributed by atoms with E-state index in [1.807, 2.05) is 24.9 Å². The van der Waals surface area contributed by atoms with Gasteiger partial charge in [-0.3, -0.25) is 14.7 Å². The summed E-state index contributed by atoms with van der Waals surface area (Å²) in [5.41, 5.74) is 2.80. The molecular formula is C17H23N5O2. The van der Waals surface area contributed by atoms with Crippen molar-refractivity contribution in [2.24, 2.45) is 5.92 Å². The maximum Gasteiger partial charge on any atom is 0.267 e. The van der Waals surface area contributed by atoms with E-state index < -0.39 is 0 Å². The van der Waals surface area contributed by atoms with Crippen LogP contribution in [0.25, 0.3) is 0 Å². The van der Waals surface area contributed by atoms with Crippen LogP contribution in [-0.4, -0.2) is 43.9 Å². The summed E-state index contributed by atoms with van der Waals surface area (Å²) in [5, 5.41) is 11.2. The van der Waals surface area contributed by atoms with Gasteiger partial charge in [0.2, 0.25) is 5.91 Å². The molecule has 1 saturated heterocycles. The van der Waals surface area contributed by atoms with E-state index in [2.05, 4.69) is 15.3 Å². The standard InChI is InChI=1S/C17H23N5O2/c1-12-9-18-19-15(12)8-14-4-3-7-21(10-14)17(24)11-22-16(23)6-5-13(2)20-22/h5-6,9,14H,3-4,7-8,10-11H2,1-2H3,(H,18,19)/t14-/m0/s1. The summed E-state index contributed by atoms with van der Waals surface area (Å²) in [4.78, 5) is 26.2. The number of hydrogen-bond donors (Lipinski definition) is 1. The lowest BCUT2D eigenvalue weighted by Gasteiger charge is -2.32. The van der Waals surface area contributed by atoms with Gasteiger partial charge in [0, 0.05) is 24.8 Å². The number of hydrogen-bond acceptors (Lipinski definition) is 4. The van der Waals surface area contributed by atoms with Gasteiger partial charge in [-0.1, -0.05) is 0 Å². The highest BCUT2D eigenvalue weighted by atomic mass is 16.2. The van der Waals surface area contributed by atoms with Crippen LogP contribution in [0.15, 0.2) is 23.1 Å². The fourth-order valence-electron chi connectivity index (χ4n) is 3.22. The molecule has 0 saturated carbocycles. The van der Waals surface area contributed by atoms with E-state index in [1.165, 1.54) is 10.7 Å². The van der Waals surface area contributed by atoms with Gasteiger partial charge in [-0.05, 0) is 50.7 Å².